The molecule has 0 heterocycles. The average molecular weight is 270 g/mol. The van der Waals surface area contributed by atoms with Crippen LogP contribution in [0.4, 0.5) is 0 Å². The maximum absolute atomic E-state index is 12.0. The van der Waals surface area contributed by atoms with Crippen LogP contribution in [0, 0.1) is 17.8 Å². The van der Waals surface area contributed by atoms with Crippen LogP contribution >= 0.6 is 0 Å². The van der Waals surface area contributed by atoms with Crippen molar-refractivity contribution in [3.8, 4) is 0 Å². The molecule has 1 aliphatic rings. The fraction of sp³-hybridized carbons (Fsp3) is 0.769. The molecule has 3 unspecified atom stereocenters. The predicted molar refractivity (Wildman–Crippen MR) is 69.3 cm³/mol. The van der Waals surface area contributed by atoms with E-state index in [9.17, 15) is 14.4 Å². The number of carboxylic acids is 1. The Balaban J connectivity index is 2.54. The Bertz CT molecular complexity index is 357. The number of likely N-dealkylation sites (N-methyl/N-ethyl adjacent to an activating group) is 1. The maximum Gasteiger partial charge on any atom is 0.307 e. The molecular weight excluding hydrogens is 248 g/mol. The molecule has 0 aromatic rings. The molecule has 0 aromatic carbocycles. The van der Waals surface area contributed by atoms with Crippen LogP contribution in [0.15, 0.2) is 0 Å². The van der Waals surface area contributed by atoms with E-state index in [1.165, 1.54) is 0 Å². The minimum Gasteiger partial charge on any atom is -0.481 e. The molecule has 1 aliphatic carbocycles. The van der Waals surface area contributed by atoms with Gasteiger partial charge < -0.3 is 15.7 Å². The third-order valence-electron chi connectivity index (χ3n) is 3.69. The number of amides is 2. The van der Waals surface area contributed by atoms with Gasteiger partial charge in [-0.25, -0.2) is 0 Å². The van der Waals surface area contributed by atoms with E-state index in [4.69, 9.17) is 5.11 Å². The van der Waals surface area contributed by atoms with Crippen molar-refractivity contribution < 1.29 is 19.5 Å². The summed E-state index contributed by atoms with van der Waals surface area (Å²) in [7, 11) is 0. The second kappa shape index (κ2) is 7.11. The van der Waals surface area contributed by atoms with Crippen LogP contribution in [0.5, 0.6) is 0 Å². The number of carboxylic acid groups (broad SMARTS) is 1. The van der Waals surface area contributed by atoms with E-state index in [2.05, 4.69) is 10.6 Å². The van der Waals surface area contributed by atoms with Gasteiger partial charge in [0, 0.05) is 6.54 Å². The SMILES string of the molecule is CCNC(=O)CNC(=O)C1CC(CC)CC1C(=O)O. The monoisotopic (exact) mass is 270 g/mol. The molecule has 2 amide bonds. The fourth-order valence-electron chi connectivity index (χ4n) is 2.60. The normalized spacial score (nSPS) is 25.9. The van der Waals surface area contributed by atoms with Gasteiger partial charge in [-0.05, 0) is 25.7 Å². The number of aliphatic carboxylic acids is 1. The highest BCUT2D eigenvalue weighted by molar-refractivity contribution is 5.88. The lowest BCUT2D eigenvalue weighted by molar-refractivity contribution is -0.146. The standard InChI is InChI=1S/C13H22N2O4/c1-3-8-5-9(10(6-8)13(18)19)12(17)15-7-11(16)14-4-2/h8-10H,3-7H2,1-2H3,(H,14,16)(H,15,17)(H,18,19). The minimum atomic E-state index is -0.922. The number of hydrogen-bond acceptors (Lipinski definition) is 3. The molecule has 3 atom stereocenters. The van der Waals surface area contributed by atoms with Gasteiger partial charge in [-0.15, -0.1) is 0 Å². The number of hydrogen-bond donors (Lipinski definition) is 3. The van der Waals surface area contributed by atoms with Gasteiger partial charge in [-0.2, -0.15) is 0 Å². The van der Waals surface area contributed by atoms with Crippen molar-refractivity contribution in [1.82, 2.24) is 10.6 Å². The third kappa shape index (κ3) is 4.22. The molecule has 1 saturated carbocycles. The summed E-state index contributed by atoms with van der Waals surface area (Å²) in [6.07, 6.45) is 2.02. The van der Waals surface area contributed by atoms with Gasteiger partial charge in [0.15, 0.2) is 0 Å². The van der Waals surface area contributed by atoms with Gasteiger partial charge >= 0.3 is 5.97 Å². The summed E-state index contributed by atoms with van der Waals surface area (Å²) in [4.78, 5) is 34.4. The predicted octanol–water partition coefficient (Wildman–Crippen LogP) is 0.376. The van der Waals surface area contributed by atoms with Crippen LogP contribution in [-0.4, -0.2) is 36.0 Å². The van der Waals surface area contributed by atoms with Crippen LogP contribution in [-0.2, 0) is 14.4 Å². The summed E-state index contributed by atoms with van der Waals surface area (Å²) in [6.45, 7) is 4.21. The zero-order valence-electron chi connectivity index (χ0n) is 11.4. The van der Waals surface area contributed by atoms with Crippen molar-refractivity contribution in [1.29, 1.82) is 0 Å². The highest BCUT2D eigenvalue weighted by Gasteiger charge is 2.42. The smallest absolute Gasteiger partial charge is 0.307 e. The Hall–Kier alpha value is -1.59. The highest BCUT2D eigenvalue weighted by Crippen LogP contribution is 2.38. The lowest BCUT2D eigenvalue weighted by Crippen LogP contribution is -2.41. The third-order valence-corrected chi connectivity index (χ3v) is 3.69. The Morgan fingerprint density at radius 3 is 2.26 bits per heavy atom. The molecule has 0 aliphatic heterocycles. The van der Waals surface area contributed by atoms with Gasteiger partial charge in [-0.1, -0.05) is 13.3 Å². The molecule has 1 fully saturated rings. The van der Waals surface area contributed by atoms with Crippen molar-refractivity contribution in [2.45, 2.75) is 33.1 Å². The Kier molecular flexibility index (Phi) is 5.79. The van der Waals surface area contributed by atoms with Gasteiger partial charge in [0.1, 0.15) is 0 Å². The van der Waals surface area contributed by atoms with E-state index in [-0.39, 0.29) is 24.3 Å². The zero-order valence-corrected chi connectivity index (χ0v) is 11.4. The van der Waals surface area contributed by atoms with Gasteiger partial charge in [-0.3, -0.25) is 14.4 Å². The molecular formula is C13H22N2O4. The molecule has 6 nitrogen and oxygen atoms in total. The summed E-state index contributed by atoms with van der Waals surface area (Å²) < 4.78 is 0. The van der Waals surface area contributed by atoms with Crippen LogP contribution < -0.4 is 10.6 Å². The number of rotatable bonds is 6. The number of carbonyl (C=O) groups excluding carboxylic acids is 2. The quantitative estimate of drug-likeness (QED) is 0.650. The maximum atomic E-state index is 12.0. The van der Waals surface area contributed by atoms with Gasteiger partial charge in [0.2, 0.25) is 11.8 Å². The first-order valence-electron chi connectivity index (χ1n) is 6.76. The van der Waals surface area contributed by atoms with Crippen LogP contribution in [0.25, 0.3) is 0 Å². The van der Waals surface area contributed by atoms with Crippen molar-refractivity contribution in [3.63, 3.8) is 0 Å². The fourth-order valence-corrected chi connectivity index (χ4v) is 2.60. The molecule has 0 radical (unpaired) electrons. The van der Waals surface area contributed by atoms with Crippen molar-refractivity contribution in [3.05, 3.63) is 0 Å². The van der Waals surface area contributed by atoms with Crippen molar-refractivity contribution in [2.75, 3.05) is 13.1 Å². The summed E-state index contributed by atoms with van der Waals surface area (Å²) >= 11 is 0. The molecule has 0 saturated heterocycles. The second-order valence-electron chi connectivity index (χ2n) is 4.97. The van der Waals surface area contributed by atoms with Gasteiger partial charge in [0.05, 0.1) is 18.4 Å². The van der Waals surface area contributed by atoms with E-state index < -0.39 is 17.8 Å². The molecule has 0 aromatic heterocycles. The first kappa shape index (κ1) is 15.5. The zero-order chi connectivity index (χ0) is 14.4. The second-order valence-corrected chi connectivity index (χ2v) is 4.97. The van der Waals surface area contributed by atoms with Gasteiger partial charge in [0.25, 0.3) is 0 Å². The summed E-state index contributed by atoms with van der Waals surface area (Å²) in [5.41, 5.74) is 0. The van der Waals surface area contributed by atoms with Crippen LogP contribution in [0.1, 0.15) is 33.1 Å². The summed E-state index contributed by atoms with van der Waals surface area (Å²) in [5, 5.41) is 14.2. The lowest BCUT2D eigenvalue weighted by Gasteiger charge is -2.15. The largest absolute Gasteiger partial charge is 0.481 e. The highest BCUT2D eigenvalue weighted by atomic mass is 16.4. The van der Waals surface area contributed by atoms with E-state index in [0.717, 1.165) is 6.42 Å². The Morgan fingerprint density at radius 1 is 1.11 bits per heavy atom. The molecule has 19 heavy (non-hydrogen) atoms. The topological polar surface area (TPSA) is 95.5 Å². The molecule has 3 N–H and O–H groups in total. The number of nitrogens with one attached hydrogen (secondary N) is 2. The summed E-state index contributed by atoms with van der Waals surface area (Å²) in [5.74, 6) is -2.37. The molecule has 6 heteroatoms. The van der Waals surface area contributed by atoms with E-state index in [1.807, 2.05) is 6.92 Å². The first-order valence-corrected chi connectivity index (χ1v) is 6.76. The minimum absolute atomic E-state index is 0.0910. The average Bonchev–Trinajstić information content (AvgIpc) is 2.80. The van der Waals surface area contributed by atoms with Crippen LogP contribution in [0.3, 0.4) is 0 Å². The Morgan fingerprint density at radius 2 is 1.74 bits per heavy atom. The molecule has 0 spiro atoms. The molecule has 1 rings (SSSR count). The molecule has 0 bridgehead atoms. The number of carbonyl (C=O) groups is 3. The van der Waals surface area contributed by atoms with Crippen LogP contribution in [0.2, 0.25) is 0 Å². The lowest BCUT2D eigenvalue weighted by atomic mass is 9.95. The molecule has 108 valence electrons. The summed E-state index contributed by atoms with van der Waals surface area (Å²) in [6, 6.07) is 0. The van der Waals surface area contributed by atoms with E-state index in [1.54, 1.807) is 6.92 Å². The first-order chi connectivity index (χ1) is 8.99. The van der Waals surface area contributed by atoms with E-state index >= 15 is 0 Å². The van der Waals surface area contributed by atoms with E-state index in [0.29, 0.717) is 19.4 Å². The van der Waals surface area contributed by atoms with Crippen molar-refractivity contribution >= 4 is 17.8 Å². The van der Waals surface area contributed by atoms with Crippen molar-refractivity contribution in [2.24, 2.45) is 17.8 Å². The Labute approximate surface area is 112 Å².